The Labute approximate surface area is 187 Å². The number of amides is 1. The van der Waals surface area contributed by atoms with E-state index in [1.807, 2.05) is 49.4 Å². The molecular formula is C27H22N2O3. The van der Waals surface area contributed by atoms with Gasteiger partial charge in [0, 0.05) is 16.7 Å². The predicted octanol–water partition coefficient (Wildman–Crippen LogP) is 4.63. The number of aliphatic imine (C=N–C) groups is 1. The van der Waals surface area contributed by atoms with Crippen molar-refractivity contribution in [2.75, 3.05) is 18.5 Å². The first kappa shape index (κ1) is 21.1. The van der Waals surface area contributed by atoms with E-state index in [0.29, 0.717) is 41.4 Å². The summed E-state index contributed by atoms with van der Waals surface area (Å²) in [6.07, 6.45) is 0. The molecule has 0 spiro atoms. The van der Waals surface area contributed by atoms with Crippen LogP contribution in [0.25, 0.3) is 0 Å². The summed E-state index contributed by atoms with van der Waals surface area (Å²) < 4.78 is 5.57. The molecule has 4 rings (SSSR count). The van der Waals surface area contributed by atoms with Gasteiger partial charge in [-0.2, -0.15) is 0 Å². The van der Waals surface area contributed by atoms with Gasteiger partial charge in [-0.05, 0) is 50.2 Å². The van der Waals surface area contributed by atoms with Crippen molar-refractivity contribution in [1.29, 1.82) is 0 Å². The Morgan fingerprint density at radius 1 is 1.00 bits per heavy atom. The zero-order valence-electron chi connectivity index (χ0n) is 17.9. The lowest BCUT2D eigenvalue weighted by atomic mass is 10.0. The molecule has 1 aliphatic heterocycles. The van der Waals surface area contributed by atoms with Gasteiger partial charge >= 0.3 is 0 Å². The molecule has 158 valence electrons. The van der Waals surface area contributed by atoms with Crippen LogP contribution in [0.3, 0.4) is 0 Å². The second kappa shape index (κ2) is 9.32. The molecule has 0 saturated heterocycles. The van der Waals surface area contributed by atoms with Crippen LogP contribution in [-0.2, 0) is 4.74 Å². The first-order valence-corrected chi connectivity index (χ1v) is 10.3. The highest BCUT2D eigenvalue weighted by Crippen LogP contribution is 2.21. The van der Waals surface area contributed by atoms with E-state index in [9.17, 15) is 9.59 Å². The van der Waals surface area contributed by atoms with Gasteiger partial charge in [0.05, 0.1) is 23.4 Å². The molecule has 0 bridgehead atoms. The highest BCUT2D eigenvalue weighted by Gasteiger charge is 2.18. The number of hydrogen-bond donors (Lipinski definition) is 1. The van der Waals surface area contributed by atoms with Crippen molar-refractivity contribution in [3.05, 3.63) is 100 Å². The molecular weight excluding hydrogens is 400 g/mol. The predicted molar refractivity (Wildman–Crippen MR) is 125 cm³/mol. The van der Waals surface area contributed by atoms with Crippen molar-refractivity contribution < 1.29 is 14.3 Å². The van der Waals surface area contributed by atoms with E-state index in [1.54, 1.807) is 24.3 Å². The Balaban J connectivity index is 1.68. The fourth-order valence-electron chi connectivity index (χ4n) is 3.31. The summed E-state index contributed by atoms with van der Waals surface area (Å²) in [7, 11) is 0. The van der Waals surface area contributed by atoms with E-state index in [0.717, 1.165) is 16.7 Å². The molecule has 1 aliphatic rings. The van der Waals surface area contributed by atoms with Crippen molar-refractivity contribution in [3.8, 4) is 11.8 Å². The topological polar surface area (TPSA) is 67.8 Å². The molecule has 0 fully saturated rings. The number of hydrogen-bond acceptors (Lipinski definition) is 4. The Bertz CT molecular complexity index is 1280. The van der Waals surface area contributed by atoms with Crippen molar-refractivity contribution >= 4 is 23.3 Å². The number of benzene rings is 3. The van der Waals surface area contributed by atoms with Gasteiger partial charge in [0.1, 0.15) is 6.61 Å². The minimum absolute atomic E-state index is 0.0860. The summed E-state index contributed by atoms with van der Waals surface area (Å²) in [5, 5.41) is 2.95. The van der Waals surface area contributed by atoms with Crippen molar-refractivity contribution in [3.63, 3.8) is 0 Å². The smallest absolute Gasteiger partial charge is 0.256 e. The number of aryl methyl sites for hydroxylation is 1. The fraction of sp³-hybridized carbons (Fsp3) is 0.148. The van der Waals surface area contributed by atoms with Crippen LogP contribution < -0.4 is 5.32 Å². The van der Waals surface area contributed by atoms with E-state index in [4.69, 9.17) is 4.74 Å². The van der Waals surface area contributed by atoms with Gasteiger partial charge in [-0.25, -0.2) is 4.99 Å². The van der Waals surface area contributed by atoms with E-state index < -0.39 is 0 Å². The SMILES string of the molecule is CC(=O)c1ccc(C(=O)Nc2ccccc2C2=NCCO2)c(C#Cc2ccc(C)cc2)c1. The van der Waals surface area contributed by atoms with Gasteiger partial charge in [0.25, 0.3) is 5.91 Å². The van der Waals surface area contributed by atoms with Gasteiger partial charge in [0.2, 0.25) is 5.90 Å². The Hall–Kier alpha value is -4.17. The molecule has 0 saturated carbocycles. The van der Waals surface area contributed by atoms with Crippen LogP contribution in [0.4, 0.5) is 5.69 Å². The second-order valence-corrected chi connectivity index (χ2v) is 7.47. The summed E-state index contributed by atoms with van der Waals surface area (Å²) >= 11 is 0. The van der Waals surface area contributed by atoms with Gasteiger partial charge in [-0.3, -0.25) is 9.59 Å². The maximum Gasteiger partial charge on any atom is 0.256 e. The summed E-state index contributed by atoms with van der Waals surface area (Å²) in [6, 6.07) is 20.1. The molecule has 0 aliphatic carbocycles. The van der Waals surface area contributed by atoms with Crippen molar-refractivity contribution in [2.45, 2.75) is 13.8 Å². The lowest BCUT2D eigenvalue weighted by molar-refractivity contribution is 0.100. The number of para-hydroxylation sites is 1. The van der Waals surface area contributed by atoms with Gasteiger partial charge < -0.3 is 10.1 Å². The van der Waals surface area contributed by atoms with Crippen molar-refractivity contribution in [1.82, 2.24) is 0 Å². The third-order valence-corrected chi connectivity index (χ3v) is 5.05. The third-order valence-electron chi connectivity index (χ3n) is 5.05. The zero-order valence-corrected chi connectivity index (χ0v) is 17.9. The molecule has 1 heterocycles. The maximum atomic E-state index is 13.2. The fourth-order valence-corrected chi connectivity index (χ4v) is 3.31. The molecule has 3 aromatic rings. The molecule has 1 N–H and O–H groups in total. The number of anilines is 1. The molecule has 3 aromatic carbocycles. The average molecular weight is 422 g/mol. The highest BCUT2D eigenvalue weighted by atomic mass is 16.5. The monoisotopic (exact) mass is 422 g/mol. The molecule has 1 amide bonds. The normalized spacial score (nSPS) is 12.2. The van der Waals surface area contributed by atoms with Crippen LogP contribution in [0.2, 0.25) is 0 Å². The van der Waals surface area contributed by atoms with Gasteiger partial charge in [-0.1, -0.05) is 47.7 Å². The molecule has 0 unspecified atom stereocenters. The minimum atomic E-state index is -0.320. The molecule has 0 radical (unpaired) electrons. The van der Waals surface area contributed by atoms with E-state index >= 15 is 0 Å². The first-order valence-electron chi connectivity index (χ1n) is 10.3. The molecule has 0 atom stereocenters. The first-order chi connectivity index (χ1) is 15.5. The summed E-state index contributed by atoms with van der Waals surface area (Å²) in [5.41, 5.74) is 4.68. The average Bonchev–Trinajstić information content (AvgIpc) is 3.33. The van der Waals surface area contributed by atoms with Crippen LogP contribution in [0.1, 0.15) is 49.9 Å². The standard InChI is InChI=1S/C27H22N2O3/c1-18-7-9-20(10-8-18)11-12-22-17-21(19(2)30)13-14-23(22)26(31)29-25-6-4-3-5-24(25)27-28-15-16-32-27/h3-10,13-14,17H,15-16H2,1-2H3,(H,29,31). The number of carbonyl (C=O) groups excluding carboxylic acids is 2. The lowest BCUT2D eigenvalue weighted by Crippen LogP contribution is -2.17. The van der Waals surface area contributed by atoms with Crippen LogP contribution in [0, 0.1) is 18.8 Å². The van der Waals surface area contributed by atoms with E-state index in [2.05, 4.69) is 22.2 Å². The zero-order chi connectivity index (χ0) is 22.5. The Kier molecular flexibility index (Phi) is 6.14. The van der Waals surface area contributed by atoms with E-state index in [-0.39, 0.29) is 11.7 Å². The minimum Gasteiger partial charge on any atom is -0.475 e. The number of nitrogens with one attached hydrogen (secondary N) is 1. The summed E-state index contributed by atoms with van der Waals surface area (Å²) in [6.45, 7) is 4.63. The largest absolute Gasteiger partial charge is 0.475 e. The summed E-state index contributed by atoms with van der Waals surface area (Å²) in [4.78, 5) is 29.4. The van der Waals surface area contributed by atoms with Crippen LogP contribution >= 0.6 is 0 Å². The Morgan fingerprint density at radius 2 is 1.78 bits per heavy atom. The van der Waals surface area contributed by atoms with E-state index in [1.165, 1.54) is 6.92 Å². The molecule has 5 heteroatoms. The number of ether oxygens (including phenoxy) is 1. The van der Waals surface area contributed by atoms with Gasteiger partial charge in [0.15, 0.2) is 5.78 Å². The van der Waals surface area contributed by atoms with Gasteiger partial charge in [-0.15, -0.1) is 0 Å². The summed E-state index contributed by atoms with van der Waals surface area (Å²) in [5.74, 6) is 6.27. The number of carbonyl (C=O) groups is 2. The number of ketones is 1. The van der Waals surface area contributed by atoms with Crippen LogP contribution in [0.15, 0.2) is 71.7 Å². The molecule has 0 aromatic heterocycles. The maximum absolute atomic E-state index is 13.2. The second-order valence-electron chi connectivity index (χ2n) is 7.47. The number of rotatable bonds is 4. The van der Waals surface area contributed by atoms with Crippen LogP contribution in [-0.4, -0.2) is 30.7 Å². The molecule has 5 nitrogen and oxygen atoms in total. The number of nitrogens with zero attached hydrogens (tertiary/aromatic N) is 1. The Morgan fingerprint density at radius 3 is 2.50 bits per heavy atom. The van der Waals surface area contributed by atoms with Crippen LogP contribution in [0.5, 0.6) is 0 Å². The van der Waals surface area contributed by atoms with Crippen molar-refractivity contribution in [2.24, 2.45) is 4.99 Å². The number of Topliss-reactive ketones (excluding diaryl/α,β-unsaturated/α-hetero) is 1. The molecule has 32 heavy (non-hydrogen) atoms. The highest BCUT2D eigenvalue weighted by molar-refractivity contribution is 6.10. The quantitative estimate of drug-likeness (QED) is 0.493. The third kappa shape index (κ3) is 4.76. The lowest BCUT2D eigenvalue weighted by Gasteiger charge is -2.12.